The van der Waals surface area contributed by atoms with Crippen molar-refractivity contribution in [2.45, 2.75) is 52.5 Å². The molecule has 0 aliphatic heterocycles. The number of rotatable bonds is 9. The Morgan fingerprint density at radius 2 is 1.97 bits per heavy atom. The number of aromatic nitrogens is 2. The van der Waals surface area contributed by atoms with E-state index >= 15 is 0 Å². The number of nitro groups is 1. The van der Waals surface area contributed by atoms with Gasteiger partial charge in [0.15, 0.2) is 5.96 Å². The quantitative estimate of drug-likeness (QED) is 0.222. The van der Waals surface area contributed by atoms with Crippen LogP contribution in [0.1, 0.15) is 42.3 Å². The summed E-state index contributed by atoms with van der Waals surface area (Å²) in [4.78, 5) is 14.6. The lowest BCUT2D eigenvalue weighted by Crippen LogP contribution is -2.43. The van der Waals surface area contributed by atoms with E-state index in [1.165, 1.54) is 11.3 Å². The molecule has 0 aliphatic carbocycles. The molecule has 29 heavy (non-hydrogen) atoms. The highest BCUT2D eigenvalue weighted by Gasteiger charge is 2.14. The van der Waals surface area contributed by atoms with E-state index in [2.05, 4.69) is 34.6 Å². The van der Waals surface area contributed by atoms with E-state index in [1.807, 2.05) is 30.8 Å². The van der Waals surface area contributed by atoms with Gasteiger partial charge in [0.05, 0.1) is 10.6 Å². The predicted molar refractivity (Wildman–Crippen MR) is 116 cm³/mol. The van der Waals surface area contributed by atoms with Crippen LogP contribution in [0.25, 0.3) is 0 Å². The van der Waals surface area contributed by atoms with E-state index in [-0.39, 0.29) is 16.7 Å². The highest BCUT2D eigenvalue weighted by Crippen LogP contribution is 2.14. The van der Waals surface area contributed by atoms with Gasteiger partial charge in [0, 0.05) is 44.5 Å². The molecule has 0 spiro atoms. The third kappa shape index (κ3) is 6.58. The van der Waals surface area contributed by atoms with E-state index < -0.39 is 0 Å². The van der Waals surface area contributed by atoms with Gasteiger partial charge in [0.2, 0.25) is 0 Å². The number of aryl methyl sites for hydroxylation is 3. The molecule has 2 rings (SSSR count). The Labute approximate surface area is 172 Å². The number of nitrogens with one attached hydrogen (secondary N) is 2. The van der Waals surface area contributed by atoms with Crippen molar-refractivity contribution >= 4 is 11.6 Å². The van der Waals surface area contributed by atoms with E-state index in [9.17, 15) is 10.1 Å². The van der Waals surface area contributed by atoms with E-state index in [0.717, 1.165) is 49.4 Å². The average molecular weight is 401 g/mol. The highest BCUT2D eigenvalue weighted by molar-refractivity contribution is 5.79. The largest absolute Gasteiger partial charge is 0.356 e. The SMILES string of the molecule is CN=C(NCCCCc1ccc([N+](=O)[O-])cc1)NC(C)Cc1c(C)nn(C)c1C. The van der Waals surface area contributed by atoms with Crippen LogP contribution >= 0.6 is 0 Å². The van der Waals surface area contributed by atoms with Crippen LogP contribution in [0.15, 0.2) is 29.3 Å². The fraction of sp³-hybridized carbons (Fsp3) is 0.524. The molecule has 8 heteroatoms. The molecule has 1 aromatic heterocycles. The second-order valence-corrected chi connectivity index (χ2v) is 7.40. The molecule has 0 fully saturated rings. The van der Waals surface area contributed by atoms with Crippen LogP contribution in [-0.2, 0) is 19.9 Å². The molecule has 2 aromatic rings. The fourth-order valence-corrected chi connectivity index (χ4v) is 3.34. The number of non-ortho nitro benzene ring substituents is 1. The molecule has 158 valence electrons. The lowest BCUT2D eigenvalue weighted by molar-refractivity contribution is -0.384. The topological polar surface area (TPSA) is 97.4 Å². The van der Waals surface area contributed by atoms with Crippen LogP contribution in [0, 0.1) is 24.0 Å². The minimum Gasteiger partial charge on any atom is -0.356 e. The summed E-state index contributed by atoms with van der Waals surface area (Å²) >= 11 is 0. The molecule has 1 atom stereocenters. The van der Waals surface area contributed by atoms with Gasteiger partial charge >= 0.3 is 0 Å². The van der Waals surface area contributed by atoms with Crippen molar-refractivity contribution in [3.63, 3.8) is 0 Å². The first-order valence-corrected chi connectivity index (χ1v) is 10.0. The van der Waals surface area contributed by atoms with Crippen molar-refractivity contribution in [3.8, 4) is 0 Å². The van der Waals surface area contributed by atoms with Crippen LogP contribution < -0.4 is 10.6 Å². The first-order valence-electron chi connectivity index (χ1n) is 10.0. The normalized spacial score (nSPS) is 12.7. The third-order valence-corrected chi connectivity index (χ3v) is 5.11. The number of guanidine groups is 1. The first-order chi connectivity index (χ1) is 13.8. The molecule has 0 saturated heterocycles. The second-order valence-electron chi connectivity index (χ2n) is 7.40. The first kappa shape index (κ1) is 22.4. The average Bonchev–Trinajstić information content (AvgIpc) is 2.93. The molecular formula is C21H32N6O2. The molecular weight excluding hydrogens is 368 g/mol. The van der Waals surface area contributed by atoms with Gasteiger partial charge in [-0.05, 0) is 57.6 Å². The number of hydrogen-bond acceptors (Lipinski definition) is 4. The maximum absolute atomic E-state index is 10.7. The smallest absolute Gasteiger partial charge is 0.269 e. The van der Waals surface area contributed by atoms with Gasteiger partial charge < -0.3 is 10.6 Å². The van der Waals surface area contributed by atoms with Crippen LogP contribution in [0.5, 0.6) is 0 Å². The third-order valence-electron chi connectivity index (χ3n) is 5.11. The monoisotopic (exact) mass is 400 g/mol. The van der Waals surface area contributed by atoms with Crippen molar-refractivity contribution in [2.75, 3.05) is 13.6 Å². The van der Waals surface area contributed by atoms with E-state index in [4.69, 9.17) is 0 Å². The summed E-state index contributed by atoms with van der Waals surface area (Å²) in [5.74, 6) is 0.798. The van der Waals surface area contributed by atoms with Gasteiger partial charge in [-0.25, -0.2) is 0 Å². The standard InChI is InChI=1S/C21H32N6O2/c1-15(14-20-16(2)25-26(5)17(20)3)24-21(22-4)23-13-7-6-8-18-9-11-19(12-10-18)27(28)29/h9-12,15H,6-8,13-14H2,1-5H3,(H2,22,23,24). The zero-order valence-electron chi connectivity index (χ0n) is 18.0. The van der Waals surface area contributed by atoms with Crippen LogP contribution in [0.4, 0.5) is 5.69 Å². The zero-order valence-corrected chi connectivity index (χ0v) is 18.0. The van der Waals surface area contributed by atoms with Crippen LogP contribution in [-0.4, -0.2) is 40.3 Å². The van der Waals surface area contributed by atoms with Crippen molar-refractivity contribution in [2.24, 2.45) is 12.0 Å². The molecule has 0 saturated carbocycles. The summed E-state index contributed by atoms with van der Waals surface area (Å²) < 4.78 is 1.93. The zero-order chi connectivity index (χ0) is 21.4. The predicted octanol–water partition coefficient (Wildman–Crippen LogP) is 3.06. The summed E-state index contributed by atoms with van der Waals surface area (Å²) in [7, 11) is 3.75. The van der Waals surface area contributed by atoms with Gasteiger partial charge in [-0.2, -0.15) is 5.10 Å². The molecule has 1 unspecified atom stereocenters. The van der Waals surface area contributed by atoms with E-state index in [1.54, 1.807) is 19.2 Å². The van der Waals surface area contributed by atoms with Crippen LogP contribution in [0.3, 0.4) is 0 Å². The second kappa shape index (κ2) is 10.6. The minimum absolute atomic E-state index is 0.135. The number of hydrogen-bond donors (Lipinski definition) is 2. The van der Waals surface area contributed by atoms with Gasteiger partial charge in [0.25, 0.3) is 5.69 Å². The summed E-state index contributed by atoms with van der Waals surface area (Å²) in [6.45, 7) is 7.12. The summed E-state index contributed by atoms with van der Waals surface area (Å²) in [5, 5.41) is 22.0. The van der Waals surface area contributed by atoms with Gasteiger partial charge in [-0.1, -0.05) is 12.1 Å². The molecule has 1 heterocycles. The number of nitro benzene ring substituents is 1. The van der Waals surface area contributed by atoms with Gasteiger partial charge in [0.1, 0.15) is 0 Å². The number of aliphatic imine (C=N–C) groups is 1. The van der Waals surface area contributed by atoms with Crippen molar-refractivity contribution in [1.29, 1.82) is 0 Å². The molecule has 0 radical (unpaired) electrons. The number of unbranched alkanes of at least 4 members (excludes halogenated alkanes) is 1. The van der Waals surface area contributed by atoms with Gasteiger partial charge in [-0.3, -0.25) is 19.8 Å². The van der Waals surface area contributed by atoms with Crippen molar-refractivity contribution in [1.82, 2.24) is 20.4 Å². The summed E-state index contributed by atoms with van der Waals surface area (Å²) in [6.07, 6.45) is 3.80. The Bertz CT molecular complexity index is 842. The Balaban J connectivity index is 1.71. The summed E-state index contributed by atoms with van der Waals surface area (Å²) in [5.41, 5.74) is 4.81. The maximum Gasteiger partial charge on any atom is 0.269 e. The molecule has 2 N–H and O–H groups in total. The molecule has 8 nitrogen and oxygen atoms in total. The molecule has 0 aliphatic rings. The van der Waals surface area contributed by atoms with Crippen LogP contribution in [0.2, 0.25) is 0 Å². The maximum atomic E-state index is 10.7. The fourth-order valence-electron chi connectivity index (χ4n) is 3.34. The molecule has 0 amide bonds. The lowest BCUT2D eigenvalue weighted by Gasteiger charge is -2.18. The molecule has 0 bridgehead atoms. The minimum atomic E-state index is -0.371. The van der Waals surface area contributed by atoms with E-state index in [0.29, 0.717) is 0 Å². The lowest BCUT2D eigenvalue weighted by atomic mass is 10.1. The molecule has 1 aromatic carbocycles. The number of benzene rings is 1. The van der Waals surface area contributed by atoms with Crippen molar-refractivity contribution < 1.29 is 4.92 Å². The van der Waals surface area contributed by atoms with Crippen molar-refractivity contribution in [3.05, 3.63) is 56.9 Å². The number of nitrogens with zero attached hydrogens (tertiary/aromatic N) is 4. The van der Waals surface area contributed by atoms with Gasteiger partial charge in [-0.15, -0.1) is 0 Å². The Morgan fingerprint density at radius 1 is 1.28 bits per heavy atom. The Kier molecular flexibility index (Phi) is 8.18. The highest BCUT2D eigenvalue weighted by atomic mass is 16.6. The summed E-state index contributed by atoms with van der Waals surface area (Å²) in [6, 6.07) is 7.02. The Hall–Kier alpha value is -2.90. The Morgan fingerprint density at radius 3 is 2.52 bits per heavy atom.